The van der Waals surface area contributed by atoms with Gasteiger partial charge in [-0.3, -0.25) is 14.5 Å². The topological polar surface area (TPSA) is 63.7 Å². The first-order valence-corrected chi connectivity index (χ1v) is 10.2. The highest BCUT2D eigenvalue weighted by Crippen LogP contribution is 2.48. The smallest absolute Gasteiger partial charge is 0.349 e. The van der Waals surface area contributed by atoms with E-state index in [1.807, 2.05) is 24.3 Å². The molecule has 5 nitrogen and oxygen atoms in total. The van der Waals surface area contributed by atoms with E-state index >= 15 is 0 Å². The number of thiocarbonyl (C=S) groups is 1. The van der Waals surface area contributed by atoms with Crippen LogP contribution >= 0.6 is 39.9 Å². The number of benzene rings is 2. The summed E-state index contributed by atoms with van der Waals surface area (Å²) in [5.41, 5.74) is 0.801. The fourth-order valence-corrected chi connectivity index (χ4v) is 5.59. The van der Waals surface area contributed by atoms with Gasteiger partial charge < -0.3 is 4.74 Å². The third kappa shape index (κ3) is 2.92. The summed E-state index contributed by atoms with van der Waals surface area (Å²) in [4.78, 5) is 39.5. The highest BCUT2D eigenvalue weighted by molar-refractivity contribution is 9.10. The Labute approximate surface area is 178 Å². The molecule has 140 valence electrons. The molecule has 2 aliphatic heterocycles. The van der Waals surface area contributed by atoms with Crippen LogP contribution in [0.3, 0.4) is 0 Å². The van der Waals surface area contributed by atoms with Gasteiger partial charge in [0.1, 0.15) is 20.4 Å². The van der Waals surface area contributed by atoms with E-state index in [1.54, 1.807) is 31.2 Å². The molecular weight excluding hydrogens is 462 g/mol. The molecule has 0 spiro atoms. The molecule has 2 aliphatic rings. The van der Waals surface area contributed by atoms with Crippen LogP contribution in [0.2, 0.25) is 0 Å². The summed E-state index contributed by atoms with van der Waals surface area (Å²) in [6.45, 7) is 1.77. The molecule has 1 fully saturated rings. The maximum Gasteiger partial charge on any atom is 0.349 e. The zero-order valence-corrected chi connectivity index (χ0v) is 17.7. The normalized spacial score (nSPS) is 23.2. The second kappa shape index (κ2) is 6.95. The molecule has 4 rings (SSSR count). The number of carbonyl (C=O) groups is 3. The lowest BCUT2D eigenvalue weighted by Gasteiger charge is -2.22. The number of ether oxygens (including phenoxy) is 1. The van der Waals surface area contributed by atoms with E-state index in [9.17, 15) is 14.4 Å². The predicted octanol–water partition coefficient (Wildman–Crippen LogP) is 4.21. The van der Waals surface area contributed by atoms with Gasteiger partial charge in [-0.05, 0) is 30.7 Å². The van der Waals surface area contributed by atoms with Crippen LogP contribution in [-0.4, -0.2) is 26.9 Å². The molecule has 0 N–H and O–H groups in total. The number of fused-ring (bicyclic) bond motifs is 1. The molecule has 2 aromatic carbocycles. The van der Waals surface area contributed by atoms with Crippen molar-refractivity contribution in [3.63, 3.8) is 0 Å². The van der Waals surface area contributed by atoms with Crippen molar-refractivity contribution in [1.29, 1.82) is 0 Å². The third-order valence-electron chi connectivity index (χ3n) is 4.56. The Bertz CT molecular complexity index is 1100. The minimum Gasteiger partial charge on any atom is -0.422 e. The number of rotatable bonds is 2. The number of para-hydroxylation sites is 1. The summed E-state index contributed by atoms with van der Waals surface area (Å²) < 4.78 is 5.28. The van der Waals surface area contributed by atoms with Crippen molar-refractivity contribution in [2.24, 2.45) is 0 Å². The van der Waals surface area contributed by atoms with Crippen LogP contribution in [0.15, 0.2) is 64.8 Å². The summed E-state index contributed by atoms with van der Waals surface area (Å²) in [7, 11) is 0. The van der Waals surface area contributed by atoms with Crippen LogP contribution in [0.4, 0.5) is 0 Å². The van der Waals surface area contributed by atoms with Crippen LogP contribution in [0.25, 0.3) is 0 Å². The van der Waals surface area contributed by atoms with E-state index in [1.165, 1.54) is 22.9 Å². The monoisotopic (exact) mass is 473 g/mol. The van der Waals surface area contributed by atoms with E-state index in [4.69, 9.17) is 17.0 Å². The van der Waals surface area contributed by atoms with Crippen molar-refractivity contribution in [1.82, 2.24) is 4.90 Å². The van der Waals surface area contributed by atoms with Crippen molar-refractivity contribution < 1.29 is 19.1 Å². The molecule has 1 atom stereocenters. The number of hydrogen-bond acceptors (Lipinski definition) is 6. The van der Waals surface area contributed by atoms with Gasteiger partial charge in [-0.25, -0.2) is 4.79 Å². The molecular formula is C20H12BrNO4S2. The van der Waals surface area contributed by atoms with Gasteiger partial charge in [0, 0.05) is 10.7 Å². The summed E-state index contributed by atoms with van der Waals surface area (Å²) in [5.74, 6) is -1.43. The number of nitrogens with zero attached hydrogens (tertiary/aromatic N) is 1. The van der Waals surface area contributed by atoms with E-state index in [2.05, 4.69) is 15.9 Å². The minimum atomic E-state index is -0.978. The minimum absolute atomic E-state index is 0.206. The predicted molar refractivity (Wildman–Crippen MR) is 113 cm³/mol. The largest absolute Gasteiger partial charge is 0.422 e. The van der Waals surface area contributed by atoms with Gasteiger partial charge in [0.25, 0.3) is 5.91 Å². The molecule has 0 saturated carbocycles. The first-order chi connectivity index (χ1) is 13.3. The molecule has 0 aliphatic carbocycles. The molecule has 28 heavy (non-hydrogen) atoms. The number of amides is 1. The van der Waals surface area contributed by atoms with Crippen molar-refractivity contribution in [2.45, 2.75) is 11.7 Å². The highest BCUT2D eigenvalue weighted by Gasteiger charge is 2.49. The van der Waals surface area contributed by atoms with Crippen LogP contribution in [0.5, 0.6) is 5.75 Å². The van der Waals surface area contributed by atoms with Crippen LogP contribution in [0.1, 0.15) is 22.8 Å². The van der Waals surface area contributed by atoms with Crippen LogP contribution < -0.4 is 4.74 Å². The molecule has 2 heterocycles. The quantitative estimate of drug-likeness (QED) is 0.214. The van der Waals surface area contributed by atoms with Crippen molar-refractivity contribution in [3.05, 3.63) is 75.9 Å². The summed E-state index contributed by atoms with van der Waals surface area (Å²) in [6.07, 6.45) is 1.19. The highest BCUT2D eigenvalue weighted by atomic mass is 79.9. The van der Waals surface area contributed by atoms with Gasteiger partial charge in [0.15, 0.2) is 0 Å². The lowest BCUT2D eigenvalue weighted by atomic mass is 9.98. The lowest BCUT2D eigenvalue weighted by Crippen LogP contribution is -2.35. The van der Waals surface area contributed by atoms with Crippen LogP contribution in [0, 0.1) is 0 Å². The average Bonchev–Trinajstić information content (AvgIpc) is 2.88. The third-order valence-corrected chi connectivity index (χ3v) is 6.87. The molecule has 1 saturated heterocycles. The Morgan fingerprint density at radius 2 is 1.79 bits per heavy atom. The fourth-order valence-electron chi connectivity index (χ4n) is 3.09. The van der Waals surface area contributed by atoms with Gasteiger partial charge in [-0.1, -0.05) is 70.2 Å². The molecule has 0 bridgehead atoms. The molecule has 2 aromatic rings. The standard InChI is InChI=1S/C20H12BrNO4S2/c1-20(13-7-3-4-8-14(13)21)18(25)22(19(27)28-20)10-12-16(23)11-6-2-5-9-15(11)26-17(12)24/h2-10H,1H3. The SMILES string of the molecule is CC1(c2ccccc2Br)SC(=S)N(C=C2C(=O)Oc3ccccc3C2=O)C1=O. The van der Waals surface area contributed by atoms with Crippen molar-refractivity contribution >= 4 is 61.9 Å². The van der Waals surface area contributed by atoms with E-state index in [-0.39, 0.29) is 27.1 Å². The first kappa shape index (κ1) is 19.0. The van der Waals surface area contributed by atoms with Crippen LogP contribution in [-0.2, 0) is 14.3 Å². The first-order valence-electron chi connectivity index (χ1n) is 8.22. The van der Waals surface area contributed by atoms with E-state index < -0.39 is 16.5 Å². The summed E-state index contributed by atoms with van der Waals surface area (Å²) in [5, 5.41) is 0. The van der Waals surface area contributed by atoms with Gasteiger partial charge >= 0.3 is 5.97 Å². The van der Waals surface area contributed by atoms with E-state index in [0.717, 1.165) is 10.0 Å². The maximum atomic E-state index is 13.2. The number of thioether (sulfide) groups is 1. The number of hydrogen-bond donors (Lipinski definition) is 0. The number of Topliss-reactive ketones (excluding diaryl/α,β-unsaturated/α-hetero) is 1. The van der Waals surface area contributed by atoms with Crippen molar-refractivity contribution in [2.75, 3.05) is 0 Å². The molecule has 8 heteroatoms. The lowest BCUT2D eigenvalue weighted by molar-refractivity contribution is -0.130. The van der Waals surface area contributed by atoms with Gasteiger partial charge in [-0.2, -0.15) is 0 Å². The Kier molecular flexibility index (Phi) is 4.73. The molecule has 1 unspecified atom stereocenters. The fraction of sp³-hybridized carbons (Fsp3) is 0.100. The van der Waals surface area contributed by atoms with Gasteiger partial charge in [-0.15, -0.1) is 0 Å². The average molecular weight is 474 g/mol. The Morgan fingerprint density at radius 1 is 1.11 bits per heavy atom. The maximum absolute atomic E-state index is 13.2. The Hall–Kier alpha value is -2.29. The second-order valence-electron chi connectivity index (χ2n) is 6.31. The van der Waals surface area contributed by atoms with Crippen molar-refractivity contribution in [3.8, 4) is 5.75 Å². The Balaban J connectivity index is 1.74. The number of carbonyl (C=O) groups excluding carboxylic acids is 3. The zero-order chi connectivity index (χ0) is 20.1. The molecule has 0 aromatic heterocycles. The number of esters is 1. The molecule has 0 radical (unpaired) electrons. The number of ketones is 1. The molecule has 1 amide bonds. The van der Waals surface area contributed by atoms with Gasteiger partial charge in [0.2, 0.25) is 5.78 Å². The number of halogens is 1. The zero-order valence-electron chi connectivity index (χ0n) is 14.5. The Morgan fingerprint density at radius 3 is 2.54 bits per heavy atom. The second-order valence-corrected chi connectivity index (χ2v) is 9.22. The summed E-state index contributed by atoms with van der Waals surface area (Å²) >= 11 is 10.0. The van der Waals surface area contributed by atoms with E-state index in [0.29, 0.717) is 0 Å². The van der Waals surface area contributed by atoms with Gasteiger partial charge in [0.05, 0.1) is 5.56 Å². The summed E-state index contributed by atoms with van der Waals surface area (Å²) in [6, 6.07) is 13.8.